The molecular weight excluding hydrogens is 447 g/mol. The van der Waals surface area contributed by atoms with Gasteiger partial charge in [0.1, 0.15) is 18.1 Å². The van der Waals surface area contributed by atoms with Crippen molar-refractivity contribution < 1.29 is 13.9 Å². The van der Waals surface area contributed by atoms with E-state index >= 15 is 0 Å². The Morgan fingerprint density at radius 1 is 1.32 bits per heavy atom. The van der Waals surface area contributed by atoms with Crippen molar-refractivity contribution in [3.05, 3.63) is 63.1 Å². The number of halogens is 2. The maximum atomic E-state index is 13.3. The van der Waals surface area contributed by atoms with Gasteiger partial charge in [0.15, 0.2) is 10.6 Å². The molecular formula is C19H18BrFN4O2S. The van der Waals surface area contributed by atoms with Crippen LogP contribution in [-0.4, -0.2) is 34.3 Å². The number of amides is 1. The van der Waals surface area contributed by atoms with Gasteiger partial charge in [-0.3, -0.25) is 14.5 Å². The van der Waals surface area contributed by atoms with Gasteiger partial charge in [-0.2, -0.15) is 5.10 Å². The van der Waals surface area contributed by atoms with Gasteiger partial charge < -0.3 is 10.1 Å². The van der Waals surface area contributed by atoms with E-state index in [2.05, 4.69) is 31.4 Å². The fourth-order valence-electron chi connectivity index (χ4n) is 2.67. The van der Waals surface area contributed by atoms with E-state index in [1.807, 2.05) is 24.3 Å². The number of aromatic nitrogens is 3. The standard InChI is InChI=1S/C19H18BrFN4O2S/c1-27-14-5-3-13(4-6-14)18-23-24-19(28)25(18)11-17(26)22-9-8-12-2-7-16(21)15(20)10-12/h2-7,10H,8-9,11H2,1H3,(H,22,26)(H,24,28). The first kappa shape index (κ1) is 20.2. The summed E-state index contributed by atoms with van der Waals surface area (Å²) in [6, 6.07) is 12.1. The number of carbonyl (C=O) groups excluding carboxylic acids is 1. The summed E-state index contributed by atoms with van der Waals surface area (Å²) in [6.07, 6.45) is 0.590. The van der Waals surface area contributed by atoms with Crippen LogP contribution >= 0.6 is 28.1 Å². The molecule has 1 amide bonds. The van der Waals surface area contributed by atoms with Crippen LogP contribution in [0.4, 0.5) is 4.39 Å². The number of methoxy groups -OCH3 is 1. The van der Waals surface area contributed by atoms with E-state index in [0.717, 1.165) is 16.9 Å². The first-order chi connectivity index (χ1) is 13.5. The third-order valence-corrected chi connectivity index (χ3v) is 5.05. The Kier molecular flexibility index (Phi) is 6.58. The quantitative estimate of drug-likeness (QED) is 0.520. The van der Waals surface area contributed by atoms with Crippen LogP contribution in [0.25, 0.3) is 11.4 Å². The number of rotatable bonds is 7. The maximum Gasteiger partial charge on any atom is 0.240 e. The Morgan fingerprint density at radius 2 is 2.07 bits per heavy atom. The topological polar surface area (TPSA) is 71.9 Å². The average Bonchev–Trinajstić information content (AvgIpc) is 3.05. The van der Waals surface area contributed by atoms with E-state index in [1.165, 1.54) is 6.07 Å². The summed E-state index contributed by atoms with van der Waals surface area (Å²) in [4.78, 5) is 12.3. The second kappa shape index (κ2) is 9.11. The molecule has 0 atom stereocenters. The van der Waals surface area contributed by atoms with Crippen LogP contribution in [0, 0.1) is 10.6 Å². The predicted octanol–water partition coefficient (Wildman–Crippen LogP) is 3.88. The van der Waals surface area contributed by atoms with Gasteiger partial charge in [0, 0.05) is 12.1 Å². The summed E-state index contributed by atoms with van der Waals surface area (Å²) in [5.74, 6) is 0.807. The fourth-order valence-corrected chi connectivity index (χ4v) is 3.29. The molecule has 2 aromatic carbocycles. The molecule has 0 spiro atoms. The van der Waals surface area contributed by atoms with Gasteiger partial charge in [-0.25, -0.2) is 4.39 Å². The lowest BCUT2D eigenvalue weighted by Crippen LogP contribution is -2.29. The molecule has 0 saturated heterocycles. The van der Waals surface area contributed by atoms with E-state index in [-0.39, 0.29) is 18.3 Å². The van der Waals surface area contributed by atoms with Crippen molar-refractivity contribution in [1.29, 1.82) is 0 Å². The van der Waals surface area contributed by atoms with E-state index < -0.39 is 0 Å². The van der Waals surface area contributed by atoms with Gasteiger partial charge in [-0.15, -0.1) is 0 Å². The van der Waals surface area contributed by atoms with Gasteiger partial charge in [-0.05, 0) is 76.5 Å². The summed E-state index contributed by atoms with van der Waals surface area (Å²) in [7, 11) is 1.60. The zero-order valence-corrected chi connectivity index (χ0v) is 17.4. The first-order valence-corrected chi connectivity index (χ1v) is 9.68. The molecule has 0 saturated carbocycles. The molecule has 0 aliphatic carbocycles. The number of ether oxygens (including phenoxy) is 1. The monoisotopic (exact) mass is 464 g/mol. The largest absolute Gasteiger partial charge is 0.497 e. The molecule has 1 heterocycles. The third kappa shape index (κ3) is 4.85. The van der Waals surface area contributed by atoms with Gasteiger partial charge in [0.2, 0.25) is 5.91 Å². The Labute approximate surface area is 174 Å². The van der Waals surface area contributed by atoms with Crippen LogP contribution in [0.1, 0.15) is 5.56 Å². The lowest BCUT2D eigenvalue weighted by molar-refractivity contribution is -0.121. The minimum absolute atomic E-state index is 0.0454. The van der Waals surface area contributed by atoms with Gasteiger partial charge in [-0.1, -0.05) is 6.07 Å². The van der Waals surface area contributed by atoms with Gasteiger partial charge >= 0.3 is 0 Å². The minimum Gasteiger partial charge on any atom is -0.497 e. The molecule has 3 rings (SSSR count). The Balaban J connectivity index is 1.63. The van der Waals surface area contributed by atoms with Crippen molar-refractivity contribution in [2.45, 2.75) is 13.0 Å². The van der Waals surface area contributed by atoms with Crippen molar-refractivity contribution in [2.24, 2.45) is 0 Å². The molecule has 0 unspecified atom stereocenters. The van der Waals surface area contributed by atoms with Crippen molar-refractivity contribution in [1.82, 2.24) is 20.1 Å². The molecule has 6 nitrogen and oxygen atoms in total. The number of nitrogens with zero attached hydrogens (tertiary/aromatic N) is 2. The molecule has 0 radical (unpaired) electrons. The van der Waals surface area contributed by atoms with Crippen LogP contribution in [0.15, 0.2) is 46.9 Å². The molecule has 0 fully saturated rings. The van der Waals surface area contributed by atoms with Crippen LogP contribution in [0.5, 0.6) is 5.75 Å². The average molecular weight is 465 g/mol. The highest BCUT2D eigenvalue weighted by Crippen LogP contribution is 2.21. The molecule has 2 N–H and O–H groups in total. The zero-order chi connectivity index (χ0) is 20.1. The second-order valence-corrected chi connectivity index (χ2v) is 7.26. The summed E-state index contributed by atoms with van der Waals surface area (Å²) in [6.45, 7) is 0.476. The lowest BCUT2D eigenvalue weighted by Gasteiger charge is -2.09. The minimum atomic E-state index is -0.312. The summed E-state index contributed by atoms with van der Waals surface area (Å²) < 4.78 is 20.8. The highest BCUT2D eigenvalue weighted by atomic mass is 79.9. The van der Waals surface area contributed by atoms with Gasteiger partial charge in [0.05, 0.1) is 11.6 Å². The molecule has 9 heteroatoms. The number of aromatic amines is 1. The van der Waals surface area contributed by atoms with Crippen molar-refractivity contribution in [3.8, 4) is 17.1 Å². The highest BCUT2D eigenvalue weighted by molar-refractivity contribution is 9.10. The van der Waals surface area contributed by atoms with E-state index in [0.29, 0.717) is 28.0 Å². The Morgan fingerprint density at radius 3 is 2.75 bits per heavy atom. The van der Waals surface area contributed by atoms with Crippen LogP contribution in [0.2, 0.25) is 0 Å². The molecule has 0 bridgehead atoms. The molecule has 146 valence electrons. The van der Waals surface area contributed by atoms with E-state index in [1.54, 1.807) is 23.8 Å². The number of nitrogens with one attached hydrogen (secondary N) is 2. The summed E-state index contributed by atoms with van der Waals surface area (Å²) >= 11 is 8.41. The number of hydrogen-bond acceptors (Lipinski definition) is 4. The predicted molar refractivity (Wildman–Crippen MR) is 110 cm³/mol. The zero-order valence-electron chi connectivity index (χ0n) is 15.0. The van der Waals surface area contributed by atoms with Crippen molar-refractivity contribution >= 4 is 34.1 Å². The summed E-state index contributed by atoms with van der Waals surface area (Å²) in [5, 5.41) is 9.80. The van der Waals surface area contributed by atoms with E-state index in [4.69, 9.17) is 17.0 Å². The fraction of sp³-hybridized carbons (Fsp3) is 0.211. The molecule has 1 aromatic heterocycles. The molecule has 3 aromatic rings. The van der Waals surface area contributed by atoms with Crippen LogP contribution in [-0.2, 0) is 17.8 Å². The lowest BCUT2D eigenvalue weighted by atomic mass is 10.1. The molecule has 28 heavy (non-hydrogen) atoms. The maximum absolute atomic E-state index is 13.3. The van der Waals surface area contributed by atoms with Gasteiger partial charge in [0.25, 0.3) is 0 Å². The number of hydrogen-bond donors (Lipinski definition) is 2. The van der Waals surface area contributed by atoms with E-state index in [9.17, 15) is 9.18 Å². The normalized spacial score (nSPS) is 10.7. The Bertz CT molecular complexity index is 1030. The second-order valence-electron chi connectivity index (χ2n) is 6.02. The number of benzene rings is 2. The SMILES string of the molecule is COc1ccc(-c2n[nH]c(=S)n2CC(=O)NCCc2ccc(F)c(Br)c2)cc1. The Hall–Kier alpha value is -2.52. The third-order valence-electron chi connectivity index (χ3n) is 4.13. The number of carbonyl (C=O) groups is 1. The smallest absolute Gasteiger partial charge is 0.240 e. The first-order valence-electron chi connectivity index (χ1n) is 8.48. The van der Waals surface area contributed by atoms with Crippen LogP contribution in [0.3, 0.4) is 0 Å². The molecule has 0 aliphatic heterocycles. The summed E-state index contributed by atoms with van der Waals surface area (Å²) in [5.41, 5.74) is 1.74. The van der Waals surface area contributed by atoms with Crippen molar-refractivity contribution in [2.75, 3.05) is 13.7 Å². The van der Waals surface area contributed by atoms with Crippen molar-refractivity contribution in [3.63, 3.8) is 0 Å². The number of H-pyrrole nitrogens is 1. The van der Waals surface area contributed by atoms with Crippen LogP contribution < -0.4 is 10.1 Å². The highest BCUT2D eigenvalue weighted by Gasteiger charge is 2.12. The molecule has 0 aliphatic rings.